The average molecular weight is 256 g/mol. The highest BCUT2D eigenvalue weighted by atomic mass is 16.5. The first-order valence-electron chi connectivity index (χ1n) is 6.56. The van der Waals surface area contributed by atoms with E-state index in [-0.39, 0.29) is 0 Å². The van der Waals surface area contributed by atoms with Crippen LogP contribution in [0.5, 0.6) is 5.75 Å². The standard InChI is InChI=1S/C17H20O2/c1-18-13-3-4-14-5-7-15(8-6-14)16-9-11-17(19-2)12-10-16/h5-12H,3-4,13H2,1-2H3. The van der Waals surface area contributed by atoms with Gasteiger partial charge in [-0.05, 0) is 41.7 Å². The summed E-state index contributed by atoms with van der Waals surface area (Å²) in [7, 11) is 3.43. The van der Waals surface area contributed by atoms with Crippen molar-refractivity contribution in [3.8, 4) is 16.9 Å². The SMILES string of the molecule is COCCCc1ccc(-c2ccc(OC)cc2)cc1. The molecule has 2 nitrogen and oxygen atoms in total. The Morgan fingerprint density at radius 3 is 1.89 bits per heavy atom. The normalized spacial score (nSPS) is 10.4. The van der Waals surface area contributed by atoms with E-state index in [2.05, 4.69) is 36.4 Å². The fraction of sp³-hybridized carbons (Fsp3) is 0.294. The fourth-order valence-corrected chi connectivity index (χ4v) is 2.07. The largest absolute Gasteiger partial charge is 0.497 e. The number of rotatable bonds is 6. The minimum absolute atomic E-state index is 0.820. The lowest BCUT2D eigenvalue weighted by atomic mass is 10.0. The van der Waals surface area contributed by atoms with Gasteiger partial charge in [0.25, 0.3) is 0 Å². The number of benzene rings is 2. The van der Waals surface area contributed by atoms with E-state index in [1.54, 1.807) is 14.2 Å². The Morgan fingerprint density at radius 2 is 1.37 bits per heavy atom. The van der Waals surface area contributed by atoms with E-state index in [0.29, 0.717) is 0 Å². The smallest absolute Gasteiger partial charge is 0.118 e. The van der Waals surface area contributed by atoms with Crippen molar-refractivity contribution in [2.45, 2.75) is 12.8 Å². The van der Waals surface area contributed by atoms with Crippen LogP contribution >= 0.6 is 0 Å². The Kier molecular flexibility index (Phi) is 4.99. The molecule has 0 saturated carbocycles. The van der Waals surface area contributed by atoms with Crippen molar-refractivity contribution in [2.75, 3.05) is 20.8 Å². The van der Waals surface area contributed by atoms with Crippen LogP contribution in [-0.2, 0) is 11.2 Å². The van der Waals surface area contributed by atoms with E-state index in [9.17, 15) is 0 Å². The summed E-state index contributed by atoms with van der Waals surface area (Å²) >= 11 is 0. The van der Waals surface area contributed by atoms with Crippen LogP contribution in [0.1, 0.15) is 12.0 Å². The molecule has 0 radical (unpaired) electrons. The molecule has 2 rings (SSSR count). The fourth-order valence-electron chi connectivity index (χ4n) is 2.07. The molecule has 0 amide bonds. The van der Waals surface area contributed by atoms with Crippen LogP contribution in [0.3, 0.4) is 0 Å². The molecule has 0 spiro atoms. The first-order valence-corrected chi connectivity index (χ1v) is 6.56. The van der Waals surface area contributed by atoms with Crippen LogP contribution in [-0.4, -0.2) is 20.8 Å². The Balaban J connectivity index is 2.04. The van der Waals surface area contributed by atoms with Crippen molar-refractivity contribution in [1.29, 1.82) is 0 Å². The molecule has 2 aromatic rings. The maximum absolute atomic E-state index is 5.17. The predicted molar refractivity (Wildman–Crippen MR) is 78.6 cm³/mol. The van der Waals surface area contributed by atoms with Crippen molar-refractivity contribution in [3.63, 3.8) is 0 Å². The van der Waals surface area contributed by atoms with E-state index in [1.807, 2.05) is 12.1 Å². The third-order valence-corrected chi connectivity index (χ3v) is 3.19. The van der Waals surface area contributed by atoms with Crippen molar-refractivity contribution in [3.05, 3.63) is 54.1 Å². The zero-order chi connectivity index (χ0) is 13.5. The van der Waals surface area contributed by atoms with Gasteiger partial charge >= 0.3 is 0 Å². The highest BCUT2D eigenvalue weighted by Crippen LogP contribution is 2.22. The van der Waals surface area contributed by atoms with Crippen LogP contribution in [0.15, 0.2) is 48.5 Å². The predicted octanol–water partition coefficient (Wildman–Crippen LogP) is 3.94. The monoisotopic (exact) mass is 256 g/mol. The van der Waals surface area contributed by atoms with Crippen LogP contribution in [0.4, 0.5) is 0 Å². The molecule has 0 unspecified atom stereocenters. The van der Waals surface area contributed by atoms with E-state index in [0.717, 1.165) is 25.2 Å². The van der Waals surface area contributed by atoms with E-state index in [1.165, 1.54) is 16.7 Å². The summed E-state index contributed by atoms with van der Waals surface area (Å²) in [6.45, 7) is 0.820. The molecule has 2 heteroatoms. The first kappa shape index (κ1) is 13.6. The molecule has 100 valence electrons. The van der Waals surface area contributed by atoms with Gasteiger partial charge in [0.1, 0.15) is 5.75 Å². The molecule has 0 N–H and O–H groups in total. The van der Waals surface area contributed by atoms with E-state index in [4.69, 9.17) is 9.47 Å². The van der Waals surface area contributed by atoms with Gasteiger partial charge in [0.15, 0.2) is 0 Å². The van der Waals surface area contributed by atoms with Gasteiger partial charge in [-0.2, -0.15) is 0 Å². The van der Waals surface area contributed by atoms with Gasteiger partial charge in [-0.1, -0.05) is 36.4 Å². The molecule has 0 atom stereocenters. The van der Waals surface area contributed by atoms with Crippen LogP contribution < -0.4 is 4.74 Å². The molecular formula is C17H20O2. The zero-order valence-electron chi connectivity index (χ0n) is 11.6. The molecule has 0 saturated heterocycles. The number of aryl methyl sites for hydroxylation is 1. The lowest BCUT2D eigenvalue weighted by molar-refractivity contribution is 0.195. The van der Waals surface area contributed by atoms with Gasteiger partial charge in [-0.3, -0.25) is 0 Å². The van der Waals surface area contributed by atoms with Crippen molar-refractivity contribution in [1.82, 2.24) is 0 Å². The molecule has 0 fully saturated rings. The average Bonchev–Trinajstić information content (AvgIpc) is 2.48. The van der Waals surface area contributed by atoms with Crippen molar-refractivity contribution >= 4 is 0 Å². The summed E-state index contributed by atoms with van der Waals surface area (Å²) in [5, 5.41) is 0. The lowest BCUT2D eigenvalue weighted by Crippen LogP contribution is -1.92. The van der Waals surface area contributed by atoms with Crippen LogP contribution in [0, 0.1) is 0 Å². The molecule has 0 bridgehead atoms. The molecule has 2 aromatic carbocycles. The molecule has 0 aliphatic carbocycles. The zero-order valence-corrected chi connectivity index (χ0v) is 11.6. The Labute approximate surface area is 115 Å². The van der Waals surface area contributed by atoms with Crippen molar-refractivity contribution < 1.29 is 9.47 Å². The quantitative estimate of drug-likeness (QED) is 0.729. The topological polar surface area (TPSA) is 18.5 Å². The number of methoxy groups -OCH3 is 2. The van der Waals surface area contributed by atoms with Gasteiger partial charge in [0.05, 0.1) is 7.11 Å². The Morgan fingerprint density at radius 1 is 0.789 bits per heavy atom. The third kappa shape index (κ3) is 3.83. The summed E-state index contributed by atoms with van der Waals surface area (Å²) in [6, 6.07) is 16.9. The van der Waals surface area contributed by atoms with E-state index >= 15 is 0 Å². The second-order valence-corrected chi connectivity index (χ2v) is 4.52. The van der Waals surface area contributed by atoms with Gasteiger partial charge < -0.3 is 9.47 Å². The molecule has 0 aliphatic heterocycles. The highest BCUT2D eigenvalue weighted by Gasteiger charge is 1.99. The second kappa shape index (κ2) is 6.95. The summed E-state index contributed by atoms with van der Waals surface area (Å²) in [5.74, 6) is 0.889. The maximum atomic E-state index is 5.17. The highest BCUT2D eigenvalue weighted by molar-refractivity contribution is 5.64. The van der Waals surface area contributed by atoms with Crippen LogP contribution in [0.2, 0.25) is 0 Å². The third-order valence-electron chi connectivity index (χ3n) is 3.19. The first-order chi connectivity index (χ1) is 9.33. The van der Waals surface area contributed by atoms with Crippen LogP contribution in [0.25, 0.3) is 11.1 Å². The molecule has 19 heavy (non-hydrogen) atoms. The van der Waals surface area contributed by atoms with Gasteiger partial charge in [0, 0.05) is 13.7 Å². The second-order valence-electron chi connectivity index (χ2n) is 4.52. The maximum Gasteiger partial charge on any atom is 0.118 e. The van der Waals surface area contributed by atoms with E-state index < -0.39 is 0 Å². The minimum Gasteiger partial charge on any atom is -0.497 e. The molecule has 0 aromatic heterocycles. The Hall–Kier alpha value is -1.80. The summed E-state index contributed by atoms with van der Waals surface area (Å²) in [4.78, 5) is 0. The minimum atomic E-state index is 0.820. The molecule has 0 aliphatic rings. The summed E-state index contributed by atoms with van der Waals surface area (Å²) in [6.07, 6.45) is 2.13. The Bertz CT molecular complexity index is 486. The van der Waals surface area contributed by atoms with Crippen molar-refractivity contribution in [2.24, 2.45) is 0 Å². The van der Waals surface area contributed by atoms with Gasteiger partial charge in [-0.15, -0.1) is 0 Å². The lowest BCUT2D eigenvalue weighted by Gasteiger charge is -2.06. The number of hydrogen-bond donors (Lipinski definition) is 0. The van der Waals surface area contributed by atoms with Gasteiger partial charge in [-0.25, -0.2) is 0 Å². The van der Waals surface area contributed by atoms with Gasteiger partial charge in [0.2, 0.25) is 0 Å². The molecule has 0 heterocycles. The number of hydrogen-bond acceptors (Lipinski definition) is 2. The number of ether oxygens (including phenoxy) is 2. The summed E-state index contributed by atoms with van der Waals surface area (Å²) in [5.41, 5.74) is 3.80. The molecular weight excluding hydrogens is 236 g/mol. The summed E-state index contributed by atoms with van der Waals surface area (Å²) < 4.78 is 10.2.